The topological polar surface area (TPSA) is 51.9 Å². The summed E-state index contributed by atoms with van der Waals surface area (Å²) in [4.78, 5) is 15.2. The first kappa shape index (κ1) is 21.2. The van der Waals surface area contributed by atoms with Gasteiger partial charge in [-0.05, 0) is 66.4 Å². The van der Waals surface area contributed by atoms with Gasteiger partial charge in [-0.2, -0.15) is 0 Å². The molecule has 0 aliphatic carbocycles. The molecular weight excluding hydrogens is 421 g/mol. The Kier molecular flexibility index (Phi) is 5.60. The number of ether oxygens (including phenoxy) is 2. The summed E-state index contributed by atoms with van der Waals surface area (Å²) in [6.07, 6.45) is 0.772. The van der Waals surface area contributed by atoms with E-state index in [1.165, 1.54) is 12.1 Å². The Bertz CT molecular complexity index is 1360. The first-order valence-corrected chi connectivity index (χ1v) is 10.9. The molecule has 6 heteroatoms. The largest absolute Gasteiger partial charge is 0.497 e. The quantitative estimate of drug-likeness (QED) is 0.390. The lowest BCUT2D eigenvalue weighted by atomic mass is 9.97. The van der Waals surface area contributed by atoms with Crippen LogP contribution in [0.1, 0.15) is 16.7 Å². The predicted octanol–water partition coefficient (Wildman–Crippen LogP) is 5.31. The van der Waals surface area contributed by atoms with Crippen molar-refractivity contribution in [3.05, 3.63) is 93.6 Å². The lowest BCUT2D eigenvalue weighted by molar-refractivity contribution is 0.0968. The van der Waals surface area contributed by atoms with Crippen LogP contribution in [0.15, 0.2) is 69.9 Å². The zero-order valence-electron chi connectivity index (χ0n) is 18.6. The van der Waals surface area contributed by atoms with Crippen molar-refractivity contribution in [1.82, 2.24) is 4.90 Å². The van der Waals surface area contributed by atoms with Gasteiger partial charge in [0.05, 0.1) is 18.2 Å². The van der Waals surface area contributed by atoms with Crippen LogP contribution in [-0.4, -0.2) is 25.3 Å². The Morgan fingerprint density at radius 2 is 1.79 bits per heavy atom. The van der Waals surface area contributed by atoms with Gasteiger partial charge >= 0.3 is 5.63 Å². The van der Waals surface area contributed by atoms with E-state index in [0.717, 1.165) is 52.1 Å². The average Bonchev–Trinajstić information content (AvgIpc) is 2.84. The number of halogens is 1. The molecule has 168 valence electrons. The van der Waals surface area contributed by atoms with Gasteiger partial charge in [0, 0.05) is 18.5 Å². The van der Waals surface area contributed by atoms with Crippen LogP contribution in [-0.2, 0) is 13.0 Å². The summed E-state index contributed by atoms with van der Waals surface area (Å²) in [6, 6.07) is 17.8. The standard InChI is InChI=1S/C27H24FNO4/c1-17-22-11-12-24-23(15-29(16-32-24)14-13-18-3-7-20(28)8-4-18)26(22)33-27(30)25(17)19-5-9-21(31-2)10-6-19/h3-12H,13-16H2,1-2H3. The van der Waals surface area contributed by atoms with E-state index in [9.17, 15) is 9.18 Å². The maximum absolute atomic E-state index is 13.2. The molecule has 1 aliphatic heterocycles. The molecular formula is C27H24FNO4. The molecule has 0 bridgehead atoms. The van der Waals surface area contributed by atoms with Crippen LogP contribution < -0.4 is 15.1 Å². The second-order valence-electron chi connectivity index (χ2n) is 8.24. The maximum atomic E-state index is 13.2. The number of nitrogens with zero attached hydrogens (tertiary/aromatic N) is 1. The highest BCUT2D eigenvalue weighted by Gasteiger charge is 2.23. The predicted molar refractivity (Wildman–Crippen MR) is 125 cm³/mol. The Morgan fingerprint density at radius 3 is 2.52 bits per heavy atom. The summed E-state index contributed by atoms with van der Waals surface area (Å²) in [7, 11) is 1.61. The second kappa shape index (κ2) is 8.71. The Hall–Kier alpha value is -3.64. The number of benzene rings is 3. The van der Waals surface area contributed by atoms with Gasteiger partial charge in [0.2, 0.25) is 0 Å². The second-order valence-corrected chi connectivity index (χ2v) is 8.24. The zero-order chi connectivity index (χ0) is 22.9. The molecule has 1 aromatic heterocycles. The van der Waals surface area contributed by atoms with Gasteiger partial charge in [0.1, 0.15) is 29.6 Å². The highest BCUT2D eigenvalue weighted by molar-refractivity contribution is 5.90. The van der Waals surface area contributed by atoms with Gasteiger partial charge in [-0.15, -0.1) is 0 Å². The fourth-order valence-electron chi connectivity index (χ4n) is 4.34. The van der Waals surface area contributed by atoms with Crippen LogP contribution in [0.5, 0.6) is 11.5 Å². The van der Waals surface area contributed by atoms with Gasteiger partial charge in [0.25, 0.3) is 0 Å². The number of hydrogen-bond acceptors (Lipinski definition) is 5. The summed E-state index contributed by atoms with van der Waals surface area (Å²) in [5, 5.41) is 0.892. The summed E-state index contributed by atoms with van der Waals surface area (Å²) in [5.74, 6) is 1.23. The highest BCUT2D eigenvalue weighted by atomic mass is 19.1. The van der Waals surface area contributed by atoms with Gasteiger partial charge in [-0.25, -0.2) is 9.18 Å². The number of hydrogen-bond donors (Lipinski definition) is 0. The van der Waals surface area contributed by atoms with E-state index >= 15 is 0 Å². The molecule has 4 aromatic rings. The summed E-state index contributed by atoms with van der Waals surface area (Å²) >= 11 is 0. The molecule has 2 heterocycles. The Labute approximate surface area is 191 Å². The van der Waals surface area contributed by atoms with E-state index in [1.807, 2.05) is 43.3 Å². The summed E-state index contributed by atoms with van der Waals surface area (Å²) in [6.45, 7) is 3.75. The molecule has 0 saturated heterocycles. The highest BCUT2D eigenvalue weighted by Crippen LogP contribution is 2.35. The minimum Gasteiger partial charge on any atom is -0.497 e. The number of methoxy groups -OCH3 is 1. The van der Waals surface area contributed by atoms with Crippen molar-refractivity contribution in [2.75, 3.05) is 20.4 Å². The molecule has 0 radical (unpaired) electrons. The van der Waals surface area contributed by atoms with Crippen LogP contribution in [0.4, 0.5) is 4.39 Å². The van der Waals surface area contributed by atoms with Crippen molar-refractivity contribution in [1.29, 1.82) is 0 Å². The van der Waals surface area contributed by atoms with E-state index in [2.05, 4.69) is 4.90 Å². The molecule has 5 rings (SSSR count). The fraction of sp³-hybridized carbons (Fsp3) is 0.222. The molecule has 3 aromatic carbocycles. The molecule has 0 spiro atoms. The van der Waals surface area contributed by atoms with Crippen LogP contribution in [0.2, 0.25) is 0 Å². The summed E-state index contributed by atoms with van der Waals surface area (Å²) < 4.78 is 30.2. The van der Waals surface area contributed by atoms with E-state index in [4.69, 9.17) is 13.9 Å². The number of fused-ring (bicyclic) bond motifs is 3. The molecule has 0 amide bonds. The Morgan fingerprint density at radius 1 is 1.03 bits per heavy atom. The molecule has 0 unspecified atom stereocenters. The van der Waals surface area contributed by atoms with E-state index < -0.39 is 0 Å². The van der Waals surface area contributed by atoms with Gasteiger partial charge in [-0.3, -0.25) is 4.90 Å². The van der Waals surface area contributed by atoms with E-state index in [-0.39, 0.29) is 11.4 Å². The lowest BCUT2D eigenvalue weighted by Gasteiger charge is -2.29. The number of aryl methyl sites for hydroxylation is 1. The van der Waals surface area contributed by atoms with Crippen LogP contribution in [0, 0.1) is 12.7 Å². The zero-order valence-corrected chi connectivity index (χ0v) is 18.6. The minimum atomic E-state index is -0.373. The van der Waals surface area contributed by atoms with Crippen molar-refractivity contribution in [2.45, 2.75) is 19.9 Å². The van der Waals surface area contributed by atoms with Crippen molar-refractivity contribution in [2.24, 2.45) is 0 Å². The molecule has 0 saturated carbocycles. The third-order valence-corrected chi connectivity index (χ3v) is 6.19. The third-order valence-electron chi connectivity index (χ3n) is 6.19. The fourth-order valence-corrected chi connectivity index (χ4v) is 4.34. The summed E-state index contributed by atoms with van der Waals surface area (Å²) in [5.41, 5.74) is 4.35. The van der Waals surface area contributed by atoms with Crippen molar-refractivity contribution < 1.29 is 18.3 Å². The molecule has 0 N–H and O–H groups in total. The van der Waals surface area contributed by atoms with E-state index in [1.54, 1.807) is 19.2 Å². The lowest BCUT2D eigenvalue weighted by Crippen LogP contribution is -2.33. The average molecular weight is 445 g/mol. The first-order valence-electron chi connectivity index (χ1n) is 10.9. The van der Waals surface area contributed by atoms with Crippen molar-refractivity contribution in [3.63, 3.8) is 0 Å². The molecule has 5 nitrogen and oxygen atoms in total. The normalized spacial score (nSPS) is 13.5. The molecule has 33 heavy (non-hydrogen) atoms. The SMILES string of the molecule is COc1ccc(-c2c(C)c3ccc4c(c3oc2=O)CN(CCc2ccc(F)cc2)CO4)cc1. The number of rotatable bonds is 5. The third kappa shape index (κ3) is 4.10. The van der Waals surface area contributed by atoms with Crippen LogP contribution >= 0.6 is 0 Å². The maximum Gasteiger partial charge on any atom is 0.344 e. The minimum absolute atomic E-state index is 0.236. The first-order chi connectivity index (χ1) is 16.0. The van der Waals surface area contributed by atoms with Gasteiger partial charge in [-0.1, -0.05) is 24.3 Å². The van der Waals surface area contributed by atoms with Crippen LogP contribution in [0.3, 0.4) is 0 Å². The Balaban J connectivity index is 1.46. The smallest absolute Gasteiger partial charge is 0.344 e. The van der Waals surface area contributed by atoms with E-state index in [0.29, 0.717) is 24.4 Å². The van der Waals surface area contributed by atoms with Gasteiger partial charge < -0.3 is 13.9 Å². The molecule has 1 aliphatic rings. The van der Waals surface area contributed by atoms with Crippen molar-refractivity contribution >= 4 is 11.0 Å². The monoisotopic (exact) mass is 445 g/mol. The van der Waals surface area contributed by atoms with Gasteiger partial charge in [0.15, 0.2) is 0 Å². The molecule has 0 fully saturated rings. The van der Waals surface area contributed by atoms with Crippen molar-refractivity contribution in [3.8, 4) is 22.6 Å². The molecule has 0 atom stereocenters. The van der Waals surface area contributed by atoms with Crippen LogP contribution in [0.25, 0.3) is 22.1 Å².